The molecule has 0 aliphatic carbocycles. The van der Waals surface area contributed by atoms with Gasteiger partial charge in [-0.2, -0.15) is 0 Å². The average molecular weight is 334 g/mol. The van der Waals surface area contributed by atoms with E-state index in [-0.39, 0.29) is 0 Å². The summed E-state index contributed by atoms with van der Waals surface area (Å²) < 4.78 is 2.55. The van der Waals surface area contributed by atoms with E-state index in [4.69, 9.17) is 11.6 Å². The molecule has 1 nitrogen and oxygen atoms in total. The van der Waals surface area contributed by atoms with Gasteiger partial charge in [0, 0.05) is 25.5 Å². The van der Waals surface area contributed by atoms with Crippen LogP contribution in [0.25, 0.3) is 10.1 Å². The molecule has 1 heterocycles. The van der Waals surface area contributed by atoms with E-state index in [1.807, 2.05) is 11.3 Å². The highest BCUT2D eigenvalue weighted by Gasteiger charge is 2.12. The van der Waals surface area contributed by atoms with Gasteiger partial charge in [0.2, 0.25) is 0 Å². The number of benzene rings is 1. The molecule has 1 aromatic carbocycles. The van der Waals surface area contributed by atoms with Crippen molar-refractivity contribution < 1.29 is 4.90 Å². The molecular formula is C13H16BrClNS+. The first kappa shape index (κ1) is 13.3. The minimum atomic E-state index is 0.731. The predicted octanol–water partition coefficient (Wildman–Crippen LogP) is 3.31. The second-order valence-electron chi connectivity index (χ2n) is 4.10. The molecule has 4 heteroatoms. The smallest absolute Gasteiger partial charge is 0.104 e. The van der Waals surface area contributed by atoms with Gasteiger partial charge in [-0.05, 0) is 28.9 Å². The van der Waals surface area contributed by atoms with Crippen LogP contribution in [0.5, 0.6) is 0 Å². The van der Waals surface area contributed by atoms with Crippen molar-refractivity contribution >= 4 is 49.0 Å². The normalized spacial score (nSPS) is 13.1. The summed E-state index contributed by atoms with van der Waals surface area (Å²) >= 11 is 11.3. The lowest BCUT2D eigenvalue weighted by Crippen LogP contribution is -3.10. The highest BCUT2D eigenvalue weighted by Crippen LogP contribution is 2.31. The van der Waals surface area contributed by atoms with E-state index in [1.54, 1.807) is 4.90 Å². The van der Waals surface area contributed by atoms with Gasteiger partial charge in [-0.3, -0.25) is 0 Å². The number of alkyl halides is 1. The van der Waals surface area contributed by atoms with Crippen LogP contribution < -0.4 is 4.90 Å². The lowest BCUT2D eigenvalue weighted by molar-refractivity contribution is -0.909. The Morgan fingerprint density at radius 2 is 2.24 bits per heavy atom. The zero-order valence-electron chi connectivity index (χ0n) is 9.80. The monoisotopic (exact) mass is 332 g/mol. The van der Waals surface area contributed by atoms with E-state index in [2.05, 4.69) is 46.4 Å². The van der Waals surface area contributed by atoms with Crippen molar-refractivity contribution in [3.63, 3.8) is 0 Å². The lowest BCUT2D eigenvalue weighted by Gasteiger charge is -2.15. The summed E-state index contributed by atoms with van der Waals surface area (Å²) in [7, 11) is 0. The molecule has 0 spiro atoms. The third-order valence-corrected chi connectivity index (χ3v) is 5.21. The van der Waals surface area contributed by atoms with E-state index >= 15 is 0 Å². The van der Waals surface area contributed by atoms with Crippen molar-refractivity contribution in [2.45, 2.75) is 13.5 Å². The molecule has 2 aromatic rings. The summed E-state index contributed by atoms with van der Waals surface area (Å²) in [5, 5.41) is 3.66. The Hall–Kier alpha value is -0.0900. The highest BCUT2D eigenvalue weighted by molar-refractivity contribution is 9.10. The van der Waals surface area contributed by atoms with Gasteiger partial charge >= 0.3 is 0 Å². The molecule has 0 radical (unpaired) electrons. The van der Waals surface area contributed by atoms with Gasteiger partial charge in [-0.25, -0.2) is 0 Å². The summed E-state index contributed by atoms with van der Waals surface area (Å²) in [5.74, 6) is 0.731. The van der Waals surface area contributed by atoms with Crippen LogP contribution in [-0.2, 0) is 6.54 Å². The molecule has 0 saturated carbocycles. The molecule has 1 atom stereocenters. The molecule has 2 rings (SSSR count). The summed E-state index contributed by atoms with van der Waals surface area (Å²) in [6, 6.07) is 6.42. The van der Waals surface area contributed by atoms with Gasteiger partial charge in [0.15, 0.2) is 0 Å². The second-order valence-corrected chi connectivity index (χ2v) is 6.21. The summed E-state index contributed by atoms with van der Waals surface area (Å²) in [5.41, 5.74) is 1.44. The Kier molecular flexibility index (Phi) is 4.86. The molecule has 1 N–H and O–H groups in total. The largest absolute Gasteiger partial charge is 0.330 e. The zero-order valence-corrected chi connectivity index (χ0v) is 13.0. The van der Waals surface area contributed by atoms with Crippen LogP contribution in [0.3, 0.4) is 0 Å². The maximum Gasteiger partial charge on any atom is 0.104 e. The molecule has 0 aliphatic heterocycles. The quantitative estimate of drug-likeness (QED) is 0.801. The van der Waals surface area contributed by atoms with Crippen LogP contribution in [0.1, 0.15) is 12.5 Å². The lowest BCUT2D eigenvalue weighted by atomic mass is 10.1. The molecule has 0 aliphatic rings. The first-order chi connectivity index (χ1) is 8.26. The Morgan fingerprint density at radius 1 is 1.41 bits per heavy atom. The van der Waals surface area contributed by atoms with Gasteiger partial charge in [-0.15, -0.1) is 22.9 Å². The number of thiophene rings is 1. The number of rotatable bonds is 5. The zero-order chi connectivity index (χ0) is 12.3. The van der Waals surface area contributed by atoms with Crippen molar-refractivity contribution in [2.24, 2.45) is 0 Å². The van der Waals surface area contributed by atoms with E-state index in [1.165, 1.54) is 20.1 Å². The number of nitrogens with one attached hydrogen (secondary N) is 1. The maximum absolute atomic E-state index is 5.83. The molecule has 92 valence electrons. The molecule has 1 aromatic heterocycles. The van der Waals surface area contributed by atoms with Gasteiger partial charge in [0.1, 0.15) is 6.54 Å². The Labute approximate surface area is 120 Å². The SMILES string of the molecule is CC[NH+](CCCl)Cc1csc2c(Br)cccc12. The van der Waals surface area contributed by atoms with Crippen LogP contribution in [0.2, 0.25) is 0 Å². The minimum Gasteiger partial charge on any atom is -0.330 e. The second kappa shape index (κ2) is 6.19. The van der Waals surface area contributed by atoms with Crippen LogP contribution in [-0.4, -0.2) is 19.0 Å². The van der Waals surface area contributed by atoms with Gasteiger partial charge in [0.25, 0.3) is 0 Å². The van der Waals surface area contributed by atoms with E-state index in [0.29, 0.717) is 0 Å². The van der Waals surface area contributed by atoms with Crippen molar-refractivity contribution in [3.05, 3.63) is 33.6 Å². The maximum atomic E-state index is 5.83. The fourth-order valence-electron chi connectivity index (χ4n) is 2.01. The Balaban J connectivity index is 2.27. The number of quaternary nitrogens is 1. The fraction of sp³-hybridized carbons (Fsp3) is 0.385. The summed E-state index contributed by atoms with van der Waals surface area (Å²) in [6.45, 7) is 5.44. The molecule has 0 amide bonds. The van der Waals surface area contributed by atoms with Crippen molar-refractivity contribution in [1.82, 2.24) is 0 Å². The van der Waals surface area contributed by atoms with Crippen LogP contribution in [0.4, 0.5) is 0 Å². The Bertz CT molecular complexity index is 497. The van der Waals surface area contributed by atoms with Crippen LogP contribution in [0, 0.1) is 0 Å². The topological polar surface area (TPSA) is 4.44 Å². The molecule has 17 heavy (non-hydrogen) atoms. The molecule has 0 saturated heterocycles. The number of halogens is 2. The standard InChI is InChI=1S/C13H15BrClNS/c1-2-16(7-6-15)8-10-9-17-13-11(10)4-3-5-12(13)14/h3-5,9H,2,6-8H2,1H3/p+1. The van der Waals surface area contributed by atoms with Crippen molar-refractivity contribution in [1.29, 1.82) is 0 Å². The van der Waals surface area contributed by atoms with E-state index in [9.17, 15) is 0 Å². The molecule has 1 unspecified atom stereocenters. The van der Waals surface area contributed by atoms with Crippen LogP contribution >= 0.6 is 38.9 Å². The first-order valence-electron chi connectivity index (χ1n) is 5.80. The predicted molar refractivity (Wildman–Crippen MR) is 80.3 cm³/mol. The third kappa shape index (κ3) is 3.02. The molecule has 0 fully saturated rings. The number of hydrogen-bond acceptors (Lipinski definition) is 1. The number of hydrogen-bond donors (Lipinski definition) is 1. The molecular weight excluding hydrogens is 318 g/mol. The van der Waals surface area contributed by atoms with Gasteiger partial charge < -0.3 is 4.90 Å². The number of fused-ring (bicyclic) bond motifs is 1. The third-order valence-electron chi connectivity index (χ3n) is 3.02. The minimum absolute atomic E-state index is 0.731. The van der Waals surface area contributed by atoms with Crippen molar-refractivity contribution in [2.75, 3.05) is 19.0 Å². The van der Waals surface area contributed by atoms with Gasteiger partial charge in [-0.1, -0.05) is 12.1 Å². The van der Waals surface area contributed by atoms with E-state index < -0.39 is 0 Å². The fourth-order valence-corrected chi connectivity index (χ4v) is 3.90. The highest BCUT2D eigenvalue weighted by atomic mass is 79.9. The van der Waals surface area contributed by atoms with Crippen molar-refractivity contribution in [3.8, 4) is 0 Å². The first-order valence-corrected chi connectivity index (χ1v) is 8.01. The Morgan fingerprint density at radius 3 is 2.94 bits per heavy atom. The summed E-state index contributed by atoms with van der Waals surface area (Å²) in [6.07, 6.45) is 0. The summed E-state index contributed by atoms with van der Waals surface area (Å²) in [4.78, 5) is 1.54. The van der Waals surface area contributed by atoms with E-state index in [0.717, 1.165) is 25.5 Å². The average Bonchev–Trinajstić information content (AvgIpc) is 2.73. The molecule has 0 bridgehead atoms. The van der Waals surface area contributed by atoms with Crippen LogP contribution in [0.15, 0.2) is 28.1 Å². The van der Waals surface area contributed by atoms with Gasteiger partial charge in [0.05, 0.1) is 19.0 Å².